The molecule has 1 aromatic carbocycles. The Labute approximate surface area is 139 Å². The summed E-state index contributed by atoms with van der Waals surface area (Å²) in [6.07, 6.45) is 2.41. The van der Waals surface area contributed by atoms with E-state index in [-0.39, 0.29) is 18.5 Å². The van der Waals surface area contributed by atoms with E-state index >= 15 is 0 Å². The number of carbonyl (C=O) groups is 2. The number of aliphatic carboxylic acids is 1. The Hall–Kier alpha value is -1.95. The van der Waals surface area contributed by atoms with Gasteiger partial charge in [0.1, 0.15) is 0 Å². The fourth-order valence-electron chi connectivity index (χ4n) is 3.80. The Morgan fingerprint density at radius 3 is 2.91 bits per heavy atom. The average molecular weight is 339 g/mol. The van der Waals surface area contributed by atoms with Crippen molar-refractivity contribution >= 4 is 29.3 Å². The van der Waals surface area contributed by atoms with Gasteiger partial charge in [-0.15, -0.1) is 0 Å². The summed E-state index contributed by atoms with van der Waals surface area (Å²) in [4.78, 5) is 25.8. The molecule has 2 fully saturated rings. The number of para-hydroxylation sites is 1. The number of methoxy groups -OCH3 is 1. The normalized spacial score (nSPS) is 26.0. The van der Waals surface area contributed by atoms with E-state index in [4.69, 9.17) is 16.3 Å². The topological polar surface area (TPSA) is 78.9 Å². The zero-order valence-corrected chi connectivity index (χ0v) is 13.6. The summed E-state index contributed by atoms with van der Waals surface area (Å²) in [5.74, 6) is -0.363. The molecule has 1 saturated carbocycles. The van der Waals surface area contributed by atoms with Crippen molar-refractivity contribution in [1.82, 2.24) is 4.90 Å². The van der Waals surface area contributed by atoms with Gasteiger partial charge in [0, 0.05) is 13.1 Å². The highest BCUT2D eigenvalue weighted by Crippen LogP contribution is 2.49. The van der Waals surface area contributed by atoms with Gasteiger partial charge in [-0.3, -0.25) is 4.79 Å². The lowest BCUT2D eigenvalue weighted by atomic mass is 9.81. The van der Waals surface area contributed by atoms with Gasteiger partial charge in [-0.25, -0.2) is 4.79 Å². The predicted octanol–water partition coefficient (Wildman–Crippen LogP) is 3.07. The fourth-order valence-corrected chi connectivity index (χ4v) is 4.05. The minimum atomic E-state index is -0.796. The molecular weight excluding hydrogens is 320 g/mol. The second-order valence-electron chi connectivity index (χ2n) is 6.18. The van der Waals surface area contributed by atoms with Crippen LogP contribution in [0.5, 0.6) is 5.75 Å². The van der Waals surface area contributed by atoms with Gasteiger partial charge in [0.25, 0.3) is 0 Å². The average Bonchev–Trinajstić information content (AvgIpc) is 3.05. The number of carbonyl (C=O) groups excluding carboxylic acids is 1. The molecule has 1 aromatic rings. The van der Waals surface area contributed by atoms with Crippen molar-refractivity contribution in [3.05, 3.63) is 23.2 Å². The highest BCUT2D eigenvalue weighted by molar-refractivity contribution is 6.32. The van der Waals surface area contributed by atoms with Gasteiger partial charge in [-0.2, -0.15) is 0 Å². The van der Waals surface area contributed by atoms with Crippen molar-refractivity contribution in [2.45, 2.75) is 19.3 Å². The highest BCUT2D eigenvalue weighted by atomic mass is 35.5. The minimum absolute atomic E-state index is 0.0343. The van der Waals surface area contributed by atoms with Crippen LogP contribution in [0.1, 0.15) is 19.3 Å². The molecule has 0 bridgehead atoms. The number of rotatable bonds is 3. The van der Waals surface area contributed by atoms with Gasteiger partial charge >= 0.3 is 12.0 Å². The molecule has 2 aliphatic rings. The summed E-state index contributed by atoms with van der Waals surface area (Å²) in [6.45, 7) is 0.725. The number of anilines is 1. The molecule has 2 N–H and O–H groups in total. The van der Waals surface area contributed by atoms with E-state index in [1.54, 1.807) is 23.1 Å². The van der Waals surface area contributed by atoms with E-state index < -0.39 is 11.4 Å². The first kappa shape index (κ1) is 15.9. The molecule has 3 rings (SSSR count). The first-order chi connectivity index (χ1) is 11.0. The van der Waals surface area contributed by atoms with E-state index in [0.29, 0.717) is 29.4 Å². The molecule has 0 spiro atoms. The molecule has 1 aliphatic carbocycles. The van der Waals surface area contributed by atoms with Crippen molar-refractivity contribution in [3.63, 3.8) is 0 Å². The van der Waals surface area contributed by atoms with Crippen LogP contribution >= 0.6 is 11.6 Å². The van der Waals surface area contributed by atoms with E-state index in [9.17, 15) is 14.7 Å². The maximum atomic E-state index is 12.5. The van der Waals surface area contributed by atoms with E-state index in [1.165, 1.54) is 7.11 Å². The standard InChI is InChI=1S/C16H19ClN2O4/c1-23-13-11(17)5-2-6-12(13)18-15(22)19-8-10-4-3-7-16(10,9-19)14(20)21/h2,5-6,10H,3-4,7-9H2,1H3,(H,18,22)(H,20,21)/t10-,16+/m0/s1. The fraction of sp³-hybridized carbons (Fsp3) is 0.500. The number of amides is 2. The number of halogens is 1. The largest absolute Gasteiger partial charge is 0.493 e. The molecule has 1 aliphatic heterocycles. The molecule has 2 atom stereocenters. The molecule has 124 valence electrons. The van der Waals surface area contributed by atoms with Crippen LogP contribution in [0.4, 0.5) is 10.5 Å². The SMILES string of the molecule is COc1c(Cl)cccc1NC(=O)N1C[C@@H]2CCC[C@@]2(C(=O)O)C1. The summed E-state index contributed by atoms with van der Waals surface area (Å²) in [6, 6.07) is 4.78. The van der Waals surface area contributed by atoms with Crippen LogP contribution in [0, 0.1) is 11.3 Å². The summed E-state index contributed by atoms with van der Waals surface area (Å²) < 4.78 is 5.21. The smallest absolute Gasteiger partial charge is 0.321 e. The van der Waals surface area contributed by atoms with Crippen molar-refractivity contribution in [2.75, 3.05) is 25.5 Å². The lowest BCUT2D eigenvalue weighted by Gasteiger charge is -2.23. The van der Waals surface area contributed by atoms with Gasteiger partial charge in [-0.05, 0) is 30.9 Å². The summed E-state index contributed by atoms with van der Waals surface area (Å²) in [5.41, 5.74) is -0.304. The monoisotopic (exact) mass is 338 g/mol. The van der Waals surface area contributed by atoms with Gasteiger partial charge < -0.3 is 20.1 Å². The maximum absolute atomic E-state index is 12.5. The third-order valence-electron chi connectivity index (χ3n) is 5.00. The predicted molar refractivity (Wildman–Crippen MR) is 86.0 cm³/mol. The number of carboxylic acid groups (broad SMARTS) is 1. The number of ether oxygens (including phenoxy) is 1. The van der Waals surface area contributed by atoms with Crippen LogP contribution in [0.2, 0.25) is 5.02 Å². The number of likely N-dealkylation sites (tertiary alicyclic amines) is 1. The zero-order valence-electron chi connectivity index (χ0n) is 12.8. The number of fused-ring (bicyclic) bond motifs is 1. The minimum Gasteiger partial charge on any atom is -0.493 e. The molecule has 1 heterocycles. The van der Waals surface area contributed by atoms with Crippen LogP contribution in [0.25, 0.3) is 0 Å². The van der Waals surface area contributed by atoms with Gasteiger partial charge in [0.15, 0.2) is 5.75 Å². The quantitative estimate of drug-likeness (QED) is 0.887. The first-order valence-corrected chi connectivity index (χ1v) is 7.97. The Kier molecular flexibility index (Phi) is 4.10. The number of hydrogen-bond acceptors (Lipinski definition) is 3. The molecule has 0 aromatic heterocycles. The summed E-state index contributed by atoms with van der Waals surface area (Å²) in [7, 11) is 1.48. The third kappa shape index (κ3) is 2.61. The van der Waals surface area contributed by atoms with Gasteiger partial charge in [-0.1, -0.05) is 24.1 Å². The number of urea groups is 1. The number of carboxylic acids is 1. The number of hydrogen-bond donors (Lipinski definition) is 2. The second kappa shape index (κ2) is 5.92. The molecule has 0 unspecified atom stereocenters. The molecule has 0 radical (unpaired) electrons. The van der Waals surface area contributed by atoms with Crippen LogP contribution in [-0.4, -0.2) is 42.2 Å². The van der Waals surface area contributed by atoms with Crippen molar-refractivity contribution < 1.29 is 19.4 Å². The molecule has 7 heteroatoms. The molecule has 6 nitrogen and oxygen atoms in total. The van der Waals surface area contributed by atoms with Gasteiger partial charge in [0.05, 0.1) is 23.2 Å². The van der Waals surface area contributed by atoms with Crippen molar-refractivity contribution in [1.29, 1.82) is 0 Å². The number of nitrogens with one attached hydrogen (secondary N) is 1. The third-order valence-corrected chi connectivity index (χ3v) is 5.29. The first-order valence-electron chi connectivity index (χ1n) is 7.60. The number of nitrogens with zero attached hydrogens (tertiary/aromatic N) is 1. The van der Waals surface area contributed by atoms with Crippen LogP contribution < -0.4 is 10.1 Å². The van der Waals surface area contributed by atoms with E-state index in [1.807, 2.05) is 0 Å². The molecule has 23 heavy (non-hydrogen) atoms. The Morgan fingerprint density at radius 2 is 2.26 bits per heavy atom. The molecular formula is C16H19ClN2O4. The number of benzene rings is 1. The Bertz CT molecular complexity index is 651. The maximum Gasteiger partial charge on any atom is 0.321 e. The van der Waals surface area contributed by atoms with Crippen molar-refractivity contribution in [2.24, 2.45) is 11.3 Å². The lowest BCUT2D eigenvalue weighted by Crippen LogP contribution is -2.38. The lowest BCUT2D eigenvalue weighted by molar-refractivity contribution is -0.149. The Morgan fingerprint density at radius 1 is 1.48 bits per heavy atom. The van der Waals surface area contributed by atoms with Crippen LogP contribution in [-0.2, 0) is 4.79 Å². The second-order valence-corrected chi connectivity index (χ2v) is 6.59. The Balaban J connectivity index is 1.76. The van der Waals surface area contributed by atoms with E-state index in [2.05, 4.69) is 5.32 Å². The zero-order chi connectivity index (χ0) is 16.6. The van der Waals surface area contributed by atoms with Crippen molar-refractivity contribution in [3.8, 4) is 5.75 Å². The van der Waals surface area contributed by atoms with Gasteiger partial charge in [0.2, 0.25) is 0 Å². The van der Waals surface area contributed by atoms with Crippen LogP contribution in [0.15, 0.2) is 18.2 Å². The van der Waals surface area contributed by atoms with E-state index in [0.717, 1.165) is 12.8 Å². The van der Waals surface area contributed by atoms with Crippen LogP contribution in [0.3, 0.4) is 0 Å². The summed E-state index contributed by atoms with van der Waals surface area (Å²) >= 11 is 6.05. The highest BCUT2D eigenvalue weighted by Gasteiger charge is 2.55. The molecule has 1 saturated heterocycles. The summed E-state index contributed by atoms with van der Waals surface area (Å²) in [5, 5.41) is 12.8. The molecule has 2 amide bonds.